The topological polar surface area (TPSA) is 54.0 Å². The van der Waals surface area contributed by atoms with E-state index >= 15 is 0 Å². The first-order valence-electron chi connectivity index (χ1n) is 6.39. The number of aromatic amines is 1. The van der Waals surface area contributed by atoms with Gasteiger partial charge >= 0.3 is 0 Å². The SMILES string of the molecule is COCC(c1ccccn1)N(C)CCc1cn[nH]c1. The van der Waals surface area contributed by atoms with Gasteiger partial charge in [-0.2, -0.15) is 5.10 Å². The summed E-state index contributed by atoms with van der Waals surface area (Å²) in [5, 5.41) is 6.79. The summed E-state index contributed by atoms with van der Waals surface area (Å²) in [6.07, 6.45) is 6.57. The molecule has 2 rings (SSSR count). The highest BCUT2D eigenvalue weighted by molar-refractivity contribution is 5.09. The van der Waals surface area contributed by atoms with Gasteiger partial charge in [-0.25, -0.2) is 0 Å². The molecule has 1 N–H and O–H groups in total. The van der Waals surface area contributed by atoms with Gasteiger partial charge in [0.05, 0.1) is 24.5 Å². The molecule has 5 heteroatoms. The number of ether oxygens (including phenoxy) is 1. The zero-order valence-corrected chi connectivity index (χ0v) is 11.4. The van der Waals surface area contributed by atoms with Crippen LogP contribution in [0.5, 0.6) is 0 Å². The molecule has 1 unspecified atom stereocenters. The lowest BCUT2D eigenvalue weighted by molar-refractivity contribution is 0.105. The second-order valence-electron chi connectivity index (χ2n) is 4.56. The number of rotatable bonds is 7. The molecule has 2 aromatic rings. The van der Waals surface area contributed by atoms with E-state index in [1.54, 1.807) is 7.11 Å². The van der Waals surface area contributed by atoms with Crippen LogP contribution in [0.25, 0.3) is 0 Å². The second kappa shape index (κ2) is 7.01. The van der Waals surface area contributed by atoms with Gasteiger partial charge in [-0.1, -0.05) is 6.07 Å². The highest BCUT2D eigenvalue weighted by atomic mass is 16.5. The summed E-state index contributed by atoms with van der Waals surface area (Å²) < 4.78 is 5.32. The molecule has 1 atom stereocenters. The molecule has 0 saturated heterocycles. The number of pyridine rings is 1. The van der Waals surface area contributed by atoms with Crippen molar-refractivity contribution in [2.24, 2.45) is 0 Å². The summed E-state index contributed by atoms with van der Waals surface area (Å²) in [5.74, 6) is 0. The van der Waals surface area contributed by atoms with Crippen LogP contribution in [0.3, 0.4) is 0 Å². The first kappa shape index (κ1) is 13.7. The fourth-order valence-corrected chi connectivity index (χ4v) is 2.05. The van der Waals surface area contributed by atoms with E-state index in [9.17, 15) is 0 Å². The van der Waals surface area contributed by atoms with Crippen molar-refractivity contribution in [1.29, 1.82) is 0 Å². The van der Waals surface area contributed by atoms with Crippen LogP contribution < -0.4 is 0 Å². The van der Waals surface area contributed by atoms with Crippen molar-refractivity contribution in [3.63, 3.8) is 0 Å². The maximum atomic E-state index is 5.32. The fourth-order valence-electron chi connectivity index (χ4n) is 2.05. The molecule has 0 saturated carbocycles. The minimum absolute atomic E-state index is 0.179. The van der Waals surface area contributed by atoms with E-state index in [0.717, 1.165) is 18.7 Å². The van der Waals surface area contributed by atoms with Gasteiger partial charge in [-0.3, -0.25) is 15.0 Å². The van der Waals surface area contributed by atoms with Crippen LogP contribution >= 0.6 is 0 Å². The van der Waals surface area contributed by atoms with Crippen LogP contribution in [0.4, 0.5) is 0 Å². The number of nitrogens with zero attached hydrogens (tertiary/aromatic N) is 3. The Labute approximate surface area is 113 Å². The molecule has 0 spiro atoms. The van der Waals surface area contributed by atoms with E-state index in [0.29, 0.717) is 6.61 Å². The molecule has 0 aliphatic heterocycles. The van der Waals surface area contributed by atoms with E-state index < -0.39 is 0 Å². The summed E-state index contributed by atoms with van der Waals surface area (Å²) >= 11 is 0. The predicted molar refractivity (Wildman–Crippen MR) is 73.8 cm³/mol. The number of hydrogen-bond donors (Lipinski definition) is 1. The maximum absolute atomic E-state index is 5.32. The van der Waals surface area contributed by atoms with Crippen molar-refractivity contribution >= 4 is 0 Å². The second-order valence-corrected chi connectivity index (χ2v) is 4.56. The van der Waals surface area contributed by atoms with Crippen molar-refractivity contribution in [3.05, 3.63) is 48.0 Å². The summed E-state index contributed by atoms with van der Waals surface area (Å²) in [6, 6.07) is 6.16. The van der Waals surface area contributed by atoms with E-state index in [4.69, 9.17) is 4.74 Å². The molecular weight excluding hydrogens is 240 g/mol. The molecule has 0 radical (unpaired) electrons. The van der Waals surface area contributed by atoms with Gasteiger partial charge in [0.2, 0.25) is 0 Å². The Kier molecular flexibility index (Phi) is 5.06. The normalized spacial score (nSPS) is 12.8. The van der Waals surface area contributed by atoms with E-state index in [-0.39, 0.29) is 6.04 Å². The molecule has 5 nitrogen and oxygen atoms in total. The smallest absolute Gasteiger partial charge is 0.0755 e. The lowest BCUT2D eigenvalue weighted by Crippen LogP contribution is -2.30. The van der Waals surface area contributed by atoms with Crippen LogP contribution in [0.2, 0.25) is 0 Å². The van der Waals surface area contributed by atoms with Gasteiger partial charge in [-0.15, -0.1) is 0 Å². The van der Waals surface area contributed by atoms with Crippen LogP contribution in [0.1, 0.15) is 17.3 Å². The van der Waals surface area contributed by atoms with Gasteiger partial charge in [0, 0.05) is 26.0 Å². The molecular formula is C14H20N4O. The third-order valence-electron chi connectivity index (χ3n) is 3.19. The van der Waals surface area contributed by atoms with Crippen molar-refractivity contribution in [2.45, 2.75) is 12.5 Å². The summed E-state index contributed by atoms with van der Waals surface area (Å²) in [7, 11) is 3.82. The average molecular weight is 260 g/mol. The van der Waals surface area contributed by atoms with Crippen molar-refractivity contribution in [2.75, 3.05) is 27.3 Å². The average Bonchev–Trinajstić information content (AvgIpc) is 2.96. The quantitative estimate of drug-likeness (QED) is 0.822. The highest BCUT2D eigenvalue weighted by Gasteiger charge is 2.17. The third kappa shape index (κ3) is 3.87. The summed E-state index contributed by atoms with van der Waals surface area (Å²) in [4.78, 5) is 6.69. The molecule has 0 aliphatic rings. The molecule has 102 valence electrons. The largest absolute Gasteiger partial charge is 0.383 e. The number of H-pyrrole nitrogens is 1. The van der Waals surface area contributed by atoms with Gasteiger partial charge in [0.1, 0.15) is 0 Å². The van der Waals surface area contributed by atoms with Crippen LogP contribution in [-0.2, 0) is 11.2 Å². The van der Waals surface area contributed by atoms with Gasteiger partial charge in [0.25, 0.3) is 0 Å². The molecule has 2 heterocycles. The Bertz CT molecular complexity index is 458. The predicted octanol–water partition coefficient (Wildman–Crippen LogP) is 1.67. The zero-order valence-electron chi connectivity index (χ0n) is 11.4. The number of likely N-dealkylation sites (N-methyl/N-ethyl adjacent to an activating group) is 1. The molecule has 0 bridgehead atoms. The number of methoxy groups -OCH3 is 1. The van der Waals surface area contributed by atoms with Gasteiger partial charge < -0.3 is 4.74 Å². The highest BCUT2D eigenvalue weighted by Crippen LogP contribution is 2.17. The lowest BCUT2D eigenvalue weighted by Gasteiger charge is -2.26. The van der Waals surface area contributed by atoms with Crippen LogP contribution in [-0.4, -0.2) is 47.4 Å². The van der Waals surface area contributed by atoms with Crippen molar-refractivity contribution in [3.8, 4) is 0 Å². The molecule has 19 heavy (non-hydrogen) atoms. The minimum Gasteiger partial charge on any atom is -0.383 e. The number of aromatic nitrogens is 3. The Morgan fingerprint density at radius 3 is 2.95 bits per heavy atom. The Morgan fingerprint density at radius 2 is 2.32 bits per heavy atom. The lowest BCUT2D eigenvalue weighted by atomic mass is 10.1. The van der Waals surface area contributed by atoms with Gasteiger partial charge in [-0.05, 0) is 31.2 Å². The van der Waals surface area contributed by atoms with Crippen molar-refractivity contribution in [1.82, 2.24) is 20.1 Å². The standard InChI is InChI=1S/C14H20N4O/c1-18(8-6-12-9-16-17-10-12)14(11-19-2)13-5-3-4-7-15-13/h3-5,7,9-10,14H,6,8,11H2,1-2H3,(H,16,17). The Hall–Kier alpha value is -1.72. The van der Waals surface area contributed by atoms with Gasteiger partial charge in [0.15, 0.2) is 0 Å². The monoisotopic (exact) mass is 260 g/mol. The minimum atomic E-state index is 0.179. The Morgan fingerprint density at radius 1 is 1.42 bits per heavy atom. The maximum Gasteiger partial charge on any atom is 0.0755 e. The molecule has 2 aromatic heterocycles. The molecule has 0 aliphatic carbocycles. The molecule has 0 aromatic carbocycles. The Balaban J connectivity index is 1.98. The number of nitrogens with one attached hydrogen (secondary N) is 1. The molecule has 0 amide bonds. The summed E-state index contributed by atoms with van der Waals surface area (Å²) in [6.45, 7) is 1.57. The first-order valence-corrected chi connectivity index (χ1v) is 6.39. The third-order valence-corrected chi connectivity index (χ3v) is 3.19. The first-order chi connectivity index (χ1) is 9.31. The van der Waals surface area contributed by atoms with Crippen LogP contribution in [0.15, 0.2) is 36.8 Å². The fraction of sp³-hybridized carbons (Fsp3) is 0.429. The van der Waals surface area contributed by atoms with E-state index in [1.807, 2.05) is 36.8 Å². The van der Waals surface area contributed by atoms with E-state index in [2.05, 4.69) is 27.1 Å². The summed E-state index contributed by atoms with van der Waals surface area (Å²) in [5.41, 5.74) is 2.25. The van der Waals surface area contributed by atoms with Crippen molar-refractivity contribution < 1.29 is 4.74 Å². The zero-order chi connectivity index (χ0) is 13.5. The number of hydrogen-bond acceptors (Lipinski definition) is 4. The van der Waals surface area contributed by atoms with E-state index in [1.165, 1.54) is 5.56 Å². The molecule has 0 fully saturated rings. The van der Waals surface area contributed by atoms with Crippen LogP contribution in [0, 0.1) is 0 Å².